The molecule has 10 heteroatoms. The topological polar surface area (TPSA) is 70.1 Å². The summed E-state index contributed by atoms with van der Waals surface area (Å²) in [5.74, 6) is -1.17. The Labute approximate surface area is 171 Å². The smallest absolute Gasteiger partial charge is 0.475 e. The second kappa shape index (κ2) is 9.44. The third-order valence-electron chi connectivity index (χ3n) is 5.63. The van der Waals surface area contributed by atoms with Crippen LogP contribution in [0.2, 0.25) is 0 Å². The number of piperidine rings is 1. The first-order valence-corrected chi connectivity index (χ1v) is 10.6. The van der Waals surface area contributed by atoms with Crippen LogP contribution in [-0.2, 0) is 9.53 Å². The number of carboxylic acids is 1. The monoisotopic (exact) mass is 434 g/mol. The Hall–Kier alpha value is -1.65. The zero-order valence-electron chi connectivity index (χ0n) is 15.9. The number of alkyl halides is 3. The van der Waals surface area contributed by atoms with Crippen molar-refractivity contribution in [3.05, 3.63) is 22.4 Å². The number of aliphatic carboxylic acids is 1. The molecule has 3 fully saturated rings. The van der Waals surface area contributed by atoms with E-state index in [9.17, 15) is 18.0 Å². The number of halogens is 3. The number of nitrogens with zero attached hydrogens (tertiary/aromatic N) is 2. The van der Waals surface area contributed by atoms with Crippen LogP contribution in [0.15, 0.2) is 17.5 Å². The molecule has 1 amide bonds. The molecule has 0 aliphatic carbocycles. The molecule has 4 rings (SSSR count). The molecule has 3 atom stereocenters. The van der Waals surface area contributed by atoms with Crippen molar-refractivity contribution in [3.8, 4) is 0 Å². The van der Waals surface area contributed by atoms with Crippen molar-refractivity contribution >= 4 is 23.2 Å². The minimum absolute atomic E-state index is 0.232. The number of ether oxygens (including phenoxy) is 1. The molecule has 1 unspecified atom stereocenters. The number of carbonyl (C=O) groups is 2. The maximum absolute atomic E-state index is 12.5. The summed E-state index contributed by atoms with van der Waals surface area (Å²) in [5, 5.41) is 9.11. The third-order valence-corrected chi connectivity index (χ3v) is 6.49. The lowest BCUT2D eigenvalue weighted by atomic mass is 9.88. The number of fused-ring (bicyclic) bond motifs is 1. The van der Waals surface area contributed by atoms with Gasteiger partial charge < -0.3 is 19.6 Å². The molecule has 162 valence electrons. The van der Waals surface area contributed by atoms with Gasteiger partial charge in [0.05, 0.1) is 11.0 Å². The summed E-state index contributed by atoms with van der Waals surface area (Å²) >= 11 is 1.55. The molecule has 6 nitrogen and oxygen atoms in total. The lowest BCUT2D eigenvalue weighted by Crippen LogP contribution is -2.43. The SMILES string of the molecule is O=C(O)C(F)(F)F.O=C(c1cccs1)N1C[C@H]2CN(CC3CCCO3)CC[C@H]2C1. The van der Waals surface area contributed by atoms with Gasteiger partial charge >= 0.3 is 12.1 Å². The summed E-state index contributed by atoms with van der Waals surface area (Å²) in [6.07, 6.45) is -0.978. The van der Waals surface area contributed by atoms with Crippen molar-refractivity contribution < 1.29 is 32.6 Å². The standard InChI is InChI=1S/C17H24N2O2S.C2HF3O2/c20-17(16-4-2-8-22-16)19-10-13-5-6-18(9-14(13)11-19)12-15-3-1-7-21-15;3-2(4,5)1(6)7/h2,4,8,13-15H,1,3,5-7,9-12H2;(H,6,7)/t13-,14+,15?;/m0./s1. The molecule has 3 aliphatic rings. The first-order chi connectivity index (χ1) is 13.7. The van der Waals surface area contributed by atoms with E-state index in [0.717, 1.165) is 37.7 Å². The number of hydrogen-bond donors (Lipinski definition) is 1. The number of carbonyl (C=O) groups excluding carboxylic acids is 1. The minimum Gasteiger partial charge on any atom is -0.475 e. The van der Waals surface area contributed by atoms with Crippen LogP contribution in [0.3, 0.4) is 0 Å². The van der Waals surface area contributed by atoms with Crippen LogP contribution in [0.4, 0.5) is 13.2 Å². The molecular weight excluding hydrogens is 409 g/mol. The van der Waals surface area contributed by atoms with E-state index < -0.39 is 12.1 Å². The molecule has 3 aliphatic heterocycles. The number of thiophene rings is 1. The molecule has 0 aromatic carbocycles. The van der Waals surface area contributed by atoms with Crippen LogP contribution in [0.5, 0.6) is 0 Å². The fourth-order valence-electron chi connectivity index (χ4n) is 4.21. The summed E-state index contributed by atoms with van der Waals surface area (Å²) in [6, 6.07) is 3.91. The second-order valence-corrected chi connectivity index (χ2v) is 8.64. The van der Waals surface area contributed by atoms with E-state index in [4.69, 9.17) is 14.6 Å². The predicted octanol–water partition coefficient (Wildman–Crippen LogP) is 2.95. The number of likely N-dealkylation sites (tertiary alicyclic amines) is 2. The Kier molecular flexibility index (Phi) is 7.18. The van der Waals surface area contributed by atoms with E-state index in [1.165, 1.54) is 25.8 Å². The van der Waals surface area contributed by atoms with E-state index in [-0.39, 0.29) is 5.91 Å². The molecule has 1 N–H and O–H groups in total. The van der Waals surface area contributed by atoms with Crippen molar-refractivity contribution in [2.75, 3.05) is 39.3 Å². The number of amides is 1. The average molecular weight is 434 g/mol. The van der Waals surface area contributed by atoms with Crippen LogP contribution in [0.1, 0.15) is 28.9 Å². The van der Waals surface area contributed by atoms with Crippen molar-refractivity contribution in [1.29, 1.82) is 0 Å². The van der Waals surface area contributed by atoms with Gasteiger partial charge in [0, 0.05) is 32.8 Å². The molecule has 0 saturated carbocycles. The maximum atomic E-state index is 12.5. The lowest BCUT2D eigenvalue weighted by molar-refractivity contribution is -0.192. The number of hydrogen-bond acceptors (Lipinski definition) is 5. The molecule has 29 heavy (non-hydrogen) atoms. The fourth-order valence-corrected chi connectivity index (χ4v) is 4.90. The van der Waals surface area contributed by atoms with Gasteiger partial charge in [-0.2, -0.15) is 13.2 Å². The summed E-state index contributed by atoms with van der Waals surface area (Å²) in [6.45, 7) is 6.22. The highest BCUT2D eigenvalue weighted by Gasteiger charge is 2.40. The van der Waals surface area contributed by atoms with Gasteiger partial charge in [-0.1, -0.05) is 6.07 Å². The van der Waals surface area contributed by atoms with Gasteiger partial charge in [-0.05, 0) is 49.1 Å². The van der Waals surface area contributed by atoms with Crippen LogP contribution in [0.25, 0.3) is 0 Å². The van der Waals surface area contributed by atoms with E-state index in [0.29, 0.717) is 17.9 Å². The van der Waals surface area contributed by atoms with E-state index in [1.54, 1.807) is 11.3 Å². The predicted molar refractivity (Wildman–Crippen MR) is 101 cm³/mol. The molecule has 3 saturated heterocycles. The van der Waals surface area contributed by atoms with E-state index in [1.807, 2.05) is 17.5 Å². The zero-order valence-corrected chi connectivity index (χ0v) is 16.8. The van der Waals surface area contributed by atoms with E-state index >= 15 is 0 Å². The second-order valence-electron chi connectivity index (χ2n) is 7.69. The van der Waals surface area contributed by atoms with Crippen LogP contribution < -0.4 is 0 Å². The molecule has 0 radical (unpaired) electrons. The Balaban J connectivity index is 0.000000298. The molecule has 4 heterocycles. The van der Waals surface area contributed by atoms with Crippen LogP contribution in [0, 0.1) is 11.8 Å². The Morgan fingerprint density at radius 2 is 1.93 bits per heavy atom. The van der Waals surface area contributed by atoms with Gasteiger partial charge in [-0.15, -0.1) is 11.3 Å². The van der Waals surface area contributed by atoms with Gasteiger partial charge in [0.15, 0.2) is 0 Å². The van der Waals surface area contributed by atoms with Crippen molar-refractivity contribution in [1.82, 2.24) is 9.80 Å². The largest absolute Gasteiger partial charge is 0.490 e. The number of rotatable bonds is 3. The Morgan fingerprint density at radius 1 is 1.21 bits per heavy atom. The van der Waals surface area contributed by atoms with Gasteiger partial charge in [0.2, 0.25) is 0 Å². The highest BCUT2D eigenvalue weighted by Crippen LogP contribution is 2.33. The summed E-state index contributed by atoms with van der Waals surface area (Å²) in [5.41, 5.74) is 0. The van der Waals surface area contributed by atoms with Gasteiger partial charge in [0.25, 0.3) is 5.91 Å². The third kappa shape index (κ3) is 5.93. The average Bonchev–Trinajstić information content (AvgIpc) is 3.42. The van der Waals surface area contributed by atoms with Gasteiger partial charge in [-0.25, -0.2) is 4.79 Å². The Bertz CT molecular complexity index is 692. The zero-order chi connectivity index (χ0) is 21.0. The fraction of sp³-hybridized carbons (Fsp3) is 0.684. The molecule has 0 spiro atoms. The molecule has 1 aromatic rings. The van der Waals surface area contributed by atoms with Gasteiger partial charge in [-0.3, -0.25) is 4.79 Å². The van der Waals surface area contributed by atoms with Crippen molar-refractivity contribution in [2.45, 2.75) is 31.5 Å². The van der Waals surface area contributed by atoms with Crippen molar-refractivity contribution in [2.24, 2.45) is 11.8 Å². The quantitative estimate of drug-likeness (QED) is 0.792. The first kappa shape index (κ1) is 22.0. The summed E-state index contributed by atoms with van der Waals surface area (Å²) in [4.78, 5) is 26.9. The highest BCUT2D eigenvalue weighted by molar-refractivity contribution is 7.12. The van der Waals surface area contributed by atoms with Crippen LogP contribution >= 0.6 is 11.3 Å². The normalized spacial score (nSPS) is 27.3. The van der Waals surface area contributed by atoms with Crippen molar-refractivity contribution in [3.63, 3.8) is 0 Å². The lowest BCUT2D eigenvalue weighted by Gasteiger charge is -2.35. The maximum Gasteiger partial charge on any atom is 0.490 e. The van der Waals surface area contributed by atoms with Crippen LogP contribution in [-0.4, -0.2) is 78.4 Å². The Morgan fingerprint density at radius 3 is 2.52 bits per heavy atom. The minimum atomic E-state index is -5.08. The summed E-state index contributed by atoms with van der Waals surface area (Å²) in [7, 11) is 0. The molecule has 1 aromatic heterocycles. The first-order valence-electron chi connectivity index (χ1n) is 9.71. The number of carboxylic acid groups (broad SMARTS) is 1. The highest BCUT2D eigenvalue weighted by atomic mass is 32.1. The van der Waals surface area contributed by atoms with E-state index in [2.05, 4.69) is 9.80 Å². The molecular formula is C19H25F3N2O4S. The van der Waals surface area contributed by atoms with Gasteiger partial charge in [0.1, 0.15) is 0 Å². The summed E-state index contributed by atoms with van der Waals surface area (Å²) < 4.78 is 37.5. The molecule has 0 bridgehead atoms.